The van der Waals surface area contributed by atoms with E-state index in [1.165, 1.54) is 0 Å². The highest BCUT2D eigenvalue weighted by Crippen LogP contribution is 2.39. The zero-order valence-electron chi connectivity index (χ0n) is 9.46. The van der Waals surface area contributed by atoms with Gasteiger partial charge in [-0.25, -0.2) is 0 Å². The van der Waals surface area contributed by atoms with Crippen LogP contribution in [-0.4, -0.2) is 33.5 Å². The van der Waals surface area contributed by atoms with Crippen molar-refractivity contribution >= 4 is 11.8 Å². The molecule has 1 aromatic rings. The zero-order valence-corrected chi connectivity index (χ0v) is 9.46. The minimum atomic E-state index is -1.59. The molecule has 0 bridgehead atoms. The smallest absolute Gasteiger partial charge is 0.261 e. The maximum atomic E-state index is 12.1. The number of hydrogen-bond donors (Lipinski definition) is 1. The van der Waals surface area contributed by atoms with Crippen molar-refractivity contribution in [3.8, 4) is 6.07 Å². The topological polar surface area (TPSA) is 81.4 Å². The summed E-state index contributed by atoms with van der Waals surface area (Å²) in [4.78, 5) is 25.3. The number of aliphatic hydroxyl groups is 1. The Balaban J connectivity index is 2.01. The number of hydrogen-bond acceptors (Lipinski definition) is 4. The quantitative estimate of drug-likeness (QED) is 0.580. The molecule has 3 rings (SSSR count). The molecule has 2 atom stereocenters. The molecular formula is C13H10N2O3. The Morgan fingerprint density at radius 3 is 2.22 bits per heavy atom. The van der Waals surface area contributed by atoms with Gasteiger partial charge < -0.3 is 5.11 Å². The molecule has 0 saturated heterocycles. The first-order valence-electron chi connectivity index (χ1n) is 5.69. The predicted octanol–water partition coefficient (Wildman–Crippen LogP) is 0.700. The monoisotopic (exact) mass is 242 g/mol. The van der Waals surface area contributed by atoms with Crippen LogP contribution in [0.5, 0.6) is 0 Å². The fourth-order valence-corrected chi connectivity index (χ4v) is 2.51. The van der Waals surface area contributed by atoms with Gasteiger partial charge in [-0.3, -0.25) is 14.5 Å². The second-order valence-electron chi connectivity index (χ2n) is 4.62. The highest BCUT2D eigenvalue weighted by molar-refractivity contribution is 6.21. The number of carbonyl (C=O) groups excluding carboxylic acids is 2. The summed E-state index contributed by atoms with van der Waals surface area (Å²) in [6, 6.07) is 7.59. The lowest BCUT2D eigenvalue weighted by atomic mass is 9.75. The van der Waals surface area contributed by atoms with Crippen LogP contribution in [0.4, 0.5) is 0 Å². The molecule has 1 aliphatic heterocycles. The van der Waals surface area contributed by atoms with Crippen molar-refractivity contribution in [1.82, 2.24) is 4.90 Å². The van der Waals surface area contributed by atoms with E-state index in [0.29, 0.717) is 24.0 Å². The SMILES string of the molecule is N#CC1(O)CCC1N1C(=O)c2ccccc2C1=O. The van der Waals surface area contributed by atoms with Crippen molar-refractivity contribution in [3.05, 3.63) is 35.4 Å². The van der Waals surface area contributed by atoms with Gasteiger partial charge in [0.2, 0.25) is 0 Å². The van der Waals surface area contributed by atoms with Crippen LogP contribution in [-0.2, 0) is 0 Å². The van der Waals surface area contributed by atoms with Crippen molar-refractivity contribution < 1.29 is 14.7 Å². The number of amides is 2. The van der Waals surface area contributed by atoms with Crippen LogP contribution in [0.2, 0.25) is 0 Å². The van der Waals surface area contributed by atoms with Crippen molar-refractivity contribution in [1.29, 1.82) is 5.26 Å². The Morgan fingerprint density at radius 2 is 1.83 bits per heavy atom. The van der Waals surface area contributed by atoms with Gasteiger partial charge in [-0.2, -0.15) is 5.26 Å². The van der Waals surface area contributed by atoms with Crippen LogP contribution in [0, 0.1) is 11.3 Å². The normalized spacial score (nSPS) is 29.8. The summed E-state index contributed by atoms with van der Waals surface area (Å²) in [6.45, 7) is 0. The van der Waals surface area contributed by atoms with Crippen LogP contribution in [0.15, 0.2) is 24.3 Å². The first-order valence-corrected chi connectivity index (χ1v) is 5.69. The minimum Gasteiger partial charge on any atom is -0.373 e. The van der Waals surface area contributed by atoms with Crippen molar-refractivity contribution in [2.24, 2.45) is 0 Å². The molecule has 2 amide bonds. The second-order valence-corrected chi connectivity index (χ2v) is 4.62. The van der Waals surface area contributed by atoms with Gasteiger partial charge in [-0.1, -0.05) is 12.1 Å². The molecule has 1 N–H and O–H groups in total. The molecule has 0 spiro atoms. The lowest BCUT2D eigenvalue weighted by molar-refractivity contribution is -0.0543. The van der Waals surface area contributed by atoms with Gasteiger partial charge in [0, 0.05) is 0 Å². The summed E-state index contributed by atoms with van der Waals surface area (Å²) in [5.41, 5.74) is -0.905. The average molecular weight is 242 g/mol. The first kappa shape index (κ1) is 10.9. The van der Waals surface area contributed by atoms with Gasteiger partial charge in [0.05, 0.1) is 23.2 Å². The molecule has 90 valence electrons. The molecule has 0 aromatic heterocycles. The Hall–Kier alpha value is -2.19. The Labute approximate surface area is 103 Å². The maximum Gasteiger partial charge on any atom is 0.261 e. The number of nitriles is 1. The van der Waals surface area contributed by atoms with E-state index < -0.39 is 23.5 Å². The number of nitrogens with zero attached hydrogens (tertiary/aromatic N) is 2. The summed E-state index contributed by atoms with van der Waals surface area (Å²) < 4.78 is 0. The van der Waals surface area contributed by atoms with E-state index in [2.05, 4.69) is 0 Å². The molecule has 0 radical (unpaired) electrons. The molecule has 5 nitrogen and oxygen atoms in total. The fourth-order valence-electron chi connectivity index (χ4n) is 2.51. The van der Waals surface area contributed by atoms with Crippen molar-refractivity contribution in [2.75, 3.05) is 0 Å². The van der Waals surface area contributed by atoms with Crippen LogP contribution >= 0.6 is 0 Å². The third-order valence-corrected chi connectivity index (χ3v) is 3.68. The summed E-state index contributed by atoms with van der Waals surface area (Å²) in [5.74, 6) is -0.844. The number of carbonyl (C=O) groups is 2. The van der Waals surface area contributed by atoms with Gasteiger partial charge in [0.1, 0.15) is 0 Å². The van der Waals surface area contributed by atoms with E-state index in [4.69, 9.17) is 5.26 Å². The van der Waals surface area contributed by atoms with E-state index in [9.17, 15) is 14.7 Å². The third-order valence-electron chi connectivity index (χ3n) is 3.68. The molecule has 2 unspecified atom stereocenters. The van der Waals surface area contributed by atoms with E-state index >= 15 is 0 Å². The molecule has 1 fully saturated rings. The molecule has 1 aliphatic carbocycles. The number of rotatable bonds is 1. The van der Waals surface area contributed by atoms with E-state index in [0.717, 1.165) is 4.90 Å². The van der Waals surface area contributed by atoms with Crippen LogP contribution < -0.4 is 0 Å². The fraction of sp³-hybridized carbons (Fsp3) is 0.308. The molecule has 18 heavy (non-hydrogen) atoms. The molecule has 2 aliphatic rings. The summed E-state index contributed by atoms with van der Waals surface area (Å²) >= 11 is 0. The molecule has 1 heterocycles. The van der Waals surface area contributed by atoms with Gasteiger partial charge >= 0.3 is 0 Å². The number of fused-ring (bicyclic) bond motifs is 1. The lowest BCUT2D eigenvalue weighted by Crippen LogP contribution is -2.61. The predicted molar refractivity (Wildman–Crippen MR) is 60.5 cm³/mol. The van der Waals surface area contributed by atoms with Crippen LogP contribution in [0.1, 0.15) is 33.6 Å². The van der Waals surface area contributed by atoms with Crippen LogP contribution in [0.25, 0.3) is 0 Å². The van der Waals surface area contributed by atoms with Crippen molar-refractivity contribution in [2.45, 2.75) is 24.5 Å². The largest absolute Gasteiger partial charge is 0.373 e. The molecule has 1 aromatic carbocycles. The summed E-state index contributed by atoms with van der Waals surface area (Å²) in [5, 5.41) is 18.9. The highest BCUT2D eigenvalue weighted by Gasteiger charge is 2.54. The summed E-state index contributed by atoms with van der Waals surface area (Å²) in [6.07, 6.45) is 0.761. The highest BCUT2D eigenvalue weighted by atomic mass is 16.3. The summed E-state index contributed by atoms with van der Waals surface area (Å²) in [7, 11) is 0. The Kier molecular flexibility index (Phi) is 2.07. The molecular weight excluding hydrogens is 232 g/mol. The molecule has 1 saturated carbocycles. The standard InChI is InChI=1S/C13H10N2O3/c14-7-13(18)6-5-10(13)15-11(16)8-3-1-2-4-9(8)12(15)17/h1-4,10,18H,5-6H2. The molecule has 5 heteroatoms. The minimum absolute atomic E-state index is 0.293. The van der Waals surface area contributed by atoms with Gasteiger partial charge in [0.25, 0.3) is 11.8 Å². The maximum absolute atomic E-state index is 12.1. The third kappa shape index (κ3) is 1.18. The Bertz CT molecular complexity index is 569. The average Bonchev–Trinajstić information content (AvgIpc) is 2.63. The Morgan fingerprint density at radius 1 is 1.28 bits per heavy atom. The van der Waals surface area contributed by atoms with E-state index in [1.807, 2.05) is 0 Å². The second kappa shape index (κ2) is 3.40. The number of benzene rings is 1. The first-order chi connectivity index (χ1) is 8.58. The van der Waals surface area contributed by atoms with Gasteiger partial charge in [-0.15, -0.1) is 0 Å². The lowest BCUT2D eigenvalue weighted by Gasteiger charge is -2.43. The van der Waals surface area contributed by atoms with E-state index in [-0.39, 0.29) is 0 Å². The van der Waals surface area contributed by atoms with Gasteiger partial charge in [-0.05, 0) is 25.0 Å². The zero-order chi connectivity index (χ0) is 12.9. The van der Waals surface area contributed by atoms with E-state index in [1.54, 1.807) is 30.3 Å². The number of imide groups is 1. The van der Waals surface area contributed by atoms with Crippen LogP contribution in [0.3, 0.4) is 0 Å². The van der Waals surface area contributed by atoms with Gasteiger partial charge in [0.15, 0.2) is 5.60 Å². The van der Waals surface area contributed by atoms with Crippen molar-refractivity contribution in [3.63, 3.8) is 0 Å².